The highest BCUT2D eigenvalue weighted by molar-refractivity contribution is 5.86. The molecule has 0 bridgehead atoms. The van der Waals surface area contributed by atoms with Crippen LogP contribution in [0.25, 0.3) is 0 Å². The number of carbonyl (C=O) groups excluding carboxylic acids is 1. The molecule has 1 aliphatic rings. The summed E-state index contributed by atoms with van der Waals surface area (Å²) in [5, 5.41) is 8.65. The van der Waals surface area contributed by atoms with Crippen LogP contribution in [0.15, 0.2) is 12.2 Å². The molecule has 0 aromatic rings. The highest BCUT2D eigenvalue weighted by Gasteiger charge is 2.23. The zero-order valence-corrected chi connectivity index (χ0v) is 8.61. The molecule has 1 fully saturated rings. The average Bonchev–Trinajstić information content (AvgIpc) is 2.18. The molecule has 1 rings (SSSR count). The van der Waals surface area contributed by atoms with E-state index in [4.69, 9.17) is 10.8 Å². The van der Waals surface area contributed by atoms with Crippen molar-refractivity contribution in [2.45, 2.75) is 12.8 Å². The Labute approximate surface area is 88.5 Å². The van der Waals surface area contributed by atoms with Crippen molar-refractivity contribution >= 4 is 11.9 Å². The van der Waals surface area contributed by atoms with Crippen molar-refractivity contribution < 1.29 is 14.7 Å². The highest BCUT2D eigenvalue weighted by atomic mass is 16.4. The maximum atomic E-state index is 10.9. The van der Waals surface area contributed by atoms with Crippen LogP contribution in [0.4, 0.5) is 0 Å². The number of likely N-dealkylation sites (tertiary alicyclic amines) is 1. The van der Waals surface area contributed by atoms with E-state index in [1.165, 1.54) is 0 Å². The lowest BCUT2D eigenvalue weighted by Gasteiger charge is -2.30. The Bertz CT molecular complexity index is 280. The van der Waals surface area contributed by atoms with Gasteiger partial charge in [-0.3, -0.25) is 9.69 Å². The lowest BCUT2D eigenvalue weighted by molar-refractivity contribution is -0.133. The lowest BCUT2D eigenvalue weighted by atomic mass is 9.96. The predicted molar refractivity (Wildman–Crippen MR) is 55.1 cm³/mol. The molecule has 5 nitrogen and oxygen atoms in total. The second-order valence-corrected chi connectivity index (χ2v) is 3.86. The van der Waals surface area contributed by atoms with E-state index < -0.39 is 5.97 Å². The summed E-state index contributed by atoms with van der Waals surface area (Å²) in [7, 11) is 0. The smallest absolute Gasteiger partial charge is 0.332 e. The van der Waals surface area contributed by atoms with Crippen LogP contribution >= 0.6 is 0 Å². The van der Waals surface area contributed by atoms with Gasteiger partial charge in [0.05, 0.1) is 0 Å². The first-order chi connectivity index (χ1) is 7.00. The first-order valence-corrected chi connectivity index (χ1v) is 4.93. The predicted octanol–water partition coefficient (Wildman–Crippen LogP) is -0.175. The Balaban J connectivity index is 2.35. The van der Waals surface area contributed by atoms with E-state index >= 15 is 0 Å². The molecule has 1 saturated heterocycles. The molecule has 1 amide bonds. The SMILES string of the molecule is C=C(CN1CCC(C(N)=O)CC1)C(=O)O. The highest BCUT2D eigenvalue weighted by Crippen LogP contribution is 2.17. The third kappa shape index (κ3) is 3.36. The van der Waals surface area contributed by atoms with Crippen LogP contribution in [0.3, 0.4) is 0 Å². The number of nitrogens with zero attached hydrogens (tertiary/aromatic N) is 1. The topological polar surface area (TPSA) is 83.6 Å². The molecular weight excluding hydrogens is 196 g/mol. The molecule has 1 aliphatic heterocycles. The second-order valence-electron chi connectivity index (χ2n) is 3.86. The van der Waals surface area contributed by atoms with E-state index in [1.54, 1.807) is 0 Å². The number of carbonyl (C=O) groups is 2. The van der Waals surface area contributed by atoms with Gasteiger partial charge in [-0.2, -0.15) is 0 Å². The third-order valence-corrected chi connectivity index (χ3v) is 2.71. The summed E-state index contributed by atoms with van der Waals surface area (Å²) >= 11 is 0. The normalized spacial score (nSPS) is 18.7. The van der Waals surface area contributed by atoms with E-state index in [9.17, 15) is 9.59 Å². The summed E-state index contributed by atoms with van der Waals surface area (Å²) in [6.07, 6.45) is 1.42. The van der Waals surface area contributed by atoms with Crippen molar-refractivity contribution in [3.63, 3.8) is 0 Å². The van der Waals surface area contributed by atoms with Crippen LogP contribution in [-0.2, 0) is 9.59 Å². The third-order valence-electron chi connectivity index (χ3n) is 2.71. The number of carboxylic acid groups (broad SMARTS) is 1. The Hall–Kier alpha value is -1.36. The summed E-state index contributed by atoms with van der Waals surface area (Å²) in [5.41, 5.74) is 5.38. The number of rotatable bonds is 4. The van der Waals surface area contributed by atoms with Crippen LogP contribution in [-0.4, -0.2) is 41.5 Å². The summed E-state index contributed by atoms with van der Waals surface area (Å²) in [6, 6.07) is 0. The van der Waals surface area contributed by atoms with Crippen molar-refractivity contribution in [1.29, 1.82) is 0 Å². The van der Waals surface area contributed by atoms with Gasteiger partial charge in [-0.05, 0) is 25.9 Å². The zero-order chi connectivity index (χ0) is 11.4. The van der Waals surface area contributed by atoms with Crippen LogP contribution in [0.1, 0.15) is 12.8 Å². The number of piperidine rings is 1. The monoisotopic (exact) mass is 212 g/mol. The average molecular weight is 212 g/mol. The number of amides is 1. The quantitative estimate of drug-likeness (QED) is 0.633. The van der Waals surface area contributed by atoms with E-state index in [2.05, 4.69) is 6.58 Å². The number of carboxylic acids is 1. The molecule has 0 unspecified atom stereocenters. The first kappa shape index (κ1) is 11.7. The van der Waals surface area contributed by atoms with Gasteiger partial charge in [-0.15, -0.1) is 0 Å². The molecule has 84 valence electrons. The van der Waals surface area contributed by atoms with Gasteiger partial charge in [0.15, 0.2) is 0 Å². The molecule has 0 aromatic heterocycles. The van der Waals surface area contributed by atoms with Gasteiger partial charge in [0.2, 0.25) is 5.91 Å². The fourth-order valence-electron chi connectivity index (χ4n) is 1.71. The van der Waals surface area contributed by atoms with Crippen molar-refractivity contribution in [3.8, 4) is 0 Å². The van der Waals surface area contributed by atoms with Crippen molar-refractivity contribution in [2.24, 2.45) is 11.7 Å². The molecule has 0 radical (unpaired) electrons. The lowest BCUT2D eigenvalue weighted by Crippen LogP contribution is -2.39. The second kappa shape index (κ2) is 4.93. The fourth-order valence-corrected chi connectivity index (χ4v) is 1.71. The Morgan fingerprint density at radius 2 is 1.93 bits per heavy atom. The molecule has 1 heterocycles. The van der Waals surface area contributed by atoms with Gasteiger partial charge in [0.1, 0.15) is 0 Å². The van der Waals surface area contributed by atoms with Gasteiger partial charge >= 0.3 is 5.97 Å². The molecular formula is C10H16N2O3. The van der Waals surface area contributed by atoms with Crippen LogP contribution in [0, 0.1) is 5.92 Å². The Morgan fingerprint density at radius 3 is 2.33 bits per heavy atom. The fraction of sp³-hybridized carbons (Fsp3) is 0.600. The summed E-state index contributed by atoms with van der Waals surface area (Å²) in [4.78, 5) is 23.4. The minimum atomic E-state index is -0.966. The number of hydrogen-bond acceptors (Lipinski definition) is 3. The van der Waals surface area contributed by atoms with Crippen LogP contribution in [0.2, 0.25) is 0 Å². The van der Waals surface area contributed by atoms with E-state index in [-0.39, 0.29) is 17.4 Å². The molecule has 0 atom stereocenters. The standard InChI is InChI=1S/C10H16N2O3/c1-7(10(14)15)6-12-4-2-8(3-5-12)9(11)13/h8H,1-6H2,(H2,11,13)(H,14,15). The molecule has 0 aliphatic carbocycles. The number of primary amides is 1. The largest absolute Gasteiger partial charge is 0.478 e. The van der Waals surface area contributed by atoms with E-state index in [0.717, 1.165) is 0 Å². The molecule has 0 spiro atoms. The van der Waals surface area contributed by atoms with Crippen molar-refractivity contribution in [2.75, 3.05) is 19.6 Å². The minimum absolute atomic E-state index is 0.0562. The zero-order valence-electron chi connectivity index (χ0n) is 8.61. The first-order valence-electron chi connectivity index (χ1n) is 4.93. The maximum Gasteiger partial charge on any atom is 0.332 e. The number of aliphatic carboxylic acids is 1. The Kier molecular flexibility index (Phi) is 3.85. The van der Waals surface area contributed by atoms with Crippen molar-refractivity contribution in [1.82, 2.24) is 4.90 Å². The minimum Gasteiger partial charge on any atom is -0.478 e. The van der Waals surface area contributed by atoms with Gasteiger partial charge < -0.3 is 10.8 Å². The number of hydrogen-bond donors (Lipinski definition) is 2. The van der Waals surface area contributed by atoms with Gasteiger partial charge in [-0.1, -0.05) is 6.58 Å². The van der Waals surface area contributed by atoms with Gasteiger partial charge in [0.25, 0.3) is 0 Å². The molecule has 3 N–H and O–H groups in total. The molecule has 0 saturated carbocycles. The van der Waals surface area contributed by atoms with Gasteiger partial charge in [0, 0.05) is 18.0 Å². The summed E-state index contributed by atoms with van der Waals surface area (Å²) in [6.45, 7) is 5.25. The molecule has 5 heteroatoms. The molecule has 15 heavy (non-hydrogen) atoms. The van der Waals surface area contributed by atoms with E-state index in [1.807, 2.05) is 4.90 Å². The van der Waals surface area contributed by atoms with Gasteiger partial charge in [-0.25, -0.2) is 4.79 Å². The summed E-state index contributed by atoms with van der Waals surface area (Å²) < 4.78 is 0. The van der Waals surface area contributed by atoms with E-state index in [0.29, 0.717) is 32.5 Å². The Morgan fingerprint density at radius 1 is 1.40 bits per heavy atom. The van der Waals surface area contributed by atoms with Crippen molar-refractivity contribution in [3.05, 3.63) is 12.2 Å². The maximum absolute atomic E-state index is 10.9. The van der Waals surface area contributed by atoms with Crippen LogP contribution in [0.5, 0.6) is 0 Å². The number of nitrogens with two attached hydrogens (primary N) is 1. The van der Waals surface area contributed by atoms with Crippen LogP contribution < -0.4 is 5.73 Å². The molecule has 0 aromatic carbocycles. The summed E-state index contributed by atoms with van der Waals surface area (Å²) in [5.74, 6) is -1.28.